The predicted molar refractivity (Wildman–Crippen MR) is 56.0 cm³/mol. The molecular weight excluding hydrogens is 214 g/mol. The van der Waals surface area contributed by atoms with E-state index in [1.165, 1.54) is 0 Å². The summed E-state index contributed by atoms with van der Waals surface area (Å²) in [6.07, 6.45) is 1.44. The highest BCUT2D eigenvalue weighted by Gasteiger charge is 2.20. The maximum absolute atomic E-state index is 11.2. The van der Waals surface area contributed by atoms with Gasteiger partial charge in [0, 0.05) is 12.8 Å². The van der Waals surface area contributed by atoms with Gasteiger partial charge < -0.3 is 15.5 Å². The number of rotatable bonds is 8. The molecule has 1 atom stereocenters. The average molecular weight is 231 g/mol. The van der Waals surface area contributed by atoms with Crippen LogP contribution in [0.2, 0.25) is 0 Å². The minimum Gasteiger partial charge on any atom is -0.481 e. The van der Waals surface area contributed by atoms with E-state index < -0.39 is 18.0 Å². The number of nitrogens with one attached hydrogen (secondary N) is 1. The molecule has 0 aromatic rings. The van der Waals surface area contributed by atoms with Crippen molar-refractivity contribution in [2.75, 3.05) is 0 Å². The Labute approximate surface area is 93.6 Å². The molecule has 0 heterocycles. The Morgan fingerprint density at radius 2 is 1.81 bits per heavy atom. The van der Waals surface area contributed by atoms with Gasteiger partial charge in [0.2, 0.25) is 5.91 Å². The maximum Gasteiger partial charge on any atom is 0.326 e. The lowest BCUT2D eigenvalue weighted by atomic mass is 10.1. The number of hydrogen-bond acceptors (Lipinski definition) is 3. The first-order chi connectivity index (χ1) is 7.47. The average Bonchev–Trinajstić information content (AvgIpc) is 2.20. The fraction of sp³-hybridized carbons (Fsp3) is 0.700. The van der Waals surface area contributed by atoms with Crippen molar-refractivity contribution in [3.05, 3.63) is 0 Å². The van der Waals surface area contributed by atoms with Crippen molar-refractivity contribution < 1.29 is 24.6 Å². The molecule has 0 saturated heterocycles. The second-order valence-electron chi connectivity index (χ2n) is 3.49. The first-order valence-electron chi connectivity index (χ1n) is 5.21. The molecule has 0 unspecified atom stereocenters. The zero-order chi connectivity index (χ0) is 12.6. The number of unbranched alkanes of at least 4 members (excludes halogenated alkanes) is 1. The van der Waals surface area contributed by atoms with Crippen LogP contribution >= 0.6 is 0 Å². The van der Waals surface area contributed by atoms with Crippen molar-refractivity contribution in [2.45, 2.75) is 45.1 Å². The summed E-state index contributed by atoms with van der Waals surface area (Å²) in [6, 6.07) is -1.11. The Morgan fingerprint density at radius 3 is 2.25 bits per heavy atom. The van der Waals surface area contributed by atoms with Gasteiger partial charge in [-0.15, -0.1) is 0 Å². The van der Waals surface area contributed by atoms with Gasteiger partial charge in [0.25, 0.3) is 0 Å². The Kier molecular flexibility index (Phi) is 6.91. The van der Waals surface area contributed by atoms with Crippen LogP contribution in [0.25, 0.3) is 0 Å². The maximum atomic E-state index is 11.2. The number of carboxylic acids is 2. The molecular formula is C10H17NO5. The number of carbonyl (C=O) groups is 3. The SMILES string of the molecule is CCCCC(=O)N[C@@H](CCC(=O)O)C(=O)O. The van der Waals surface area contributed by atoms with Crippen molar-refractivity contribution in [1.82, 2.24) is 5.32 Å². The van der Waals surface area contributed by atoms with Crippen LogP contribution in [0.15, 0.2) is 0 Å². The Balaban J connectivity index is 4.07. The molecule has 1 amide bonds. The zero-order valence-electron chi connectivity index (χ0n) is 9.23. The van der Waals surface area contributed by atoms with Gasteiger partial charge in [-0.05, 0) is 12.8 Å². The second kappa shape index (κ2) is 7.67. The fourth-order valence-corrected chi connectivity index (χ4v) is 1.13. The summed E-state index contributed by atoms with van der Waals surface area (Å²) in [7, 11) is 0. The van der Waals surface area contributed by atoms with Crippen molar-refractivity contribution in [3.8, 4) is 0 Å². The second-order valence-corrected chi connectivity index (χ2v) is 3.49. The van der Waals surface area contributed by atoms with Crippen LogP contribution < -0.4 is 5.32 Å². The molecule has 6 heteroatoms. The Morgan fingerprint density at radius 1 is 1.19 bits per heavy atom. The third-order valence-electron chi connectivity index (χ3n) is 2.04. The molecule has 16 heavy (non-hydrogen) atoms. The van der Waals surface area contributed by atoms with E-state index in [1.54, 1.807) is 0 Å². The standard InChI is InChI=1S/C10H17NO5/c1-2-3-4-8(12)11-7(10(15)16)5-6-9(13)14/h7H,2-6H2,1H3,(H,11,12)(H,13,14)(H,15,16)/t7-/m0/s1. The highest BCUT2D eigenvalue weighted by atomic mass is 16.4. The number of carbonyl (C=O) groups excluding carboxylic acids is 1. The summed E-state index contributed by atoms with van der Waals surface area (Å²) in [6.45, 7) is 1.92. The summed E-state index contributed by atoms with van der Waals surface area (Å²) in [5.41, 5.74) is 0. The van der Waals surface area contributed by atoms with Crippen molar-refractivity contribution in [2.24, 2.45) is 0 Å². The minimum absolute atomic E-state index is 0.0947. The molecule has 0 aliphatic heterocycles. The smallest absolute Gasteiger partial charge is 0.326 e. The molecule has 0 rings (SSSR count). The summed E-state index contributed by atoms with van der Waals surface area (Å²) in [5, 5.41) is 19.5. The van der Waals surface area contributed by atoms with Crippen molar-refractivity contribution in [1.29, 1.82) is 0 Å². The molecule has 0 saturated carbocycles. The number of aliphatic carboxylic acids is 2. The third kappa shape index (κ3) is 6.80. The van der Waals surface area contributed by atoms with Gasteiger partial charge >= 0.3 is 11.9 Å². The lowest BCUT2D eigenvalue weighted by Crippen LogP contribution is -2.41. The van der Waals surface area contributed by atoms with Crippen LogP contribution in [0, 0.1) is 0 Å². The van der Waals surface area contributed by atoms with Crippen LogP contribution in [0.1, 0.15) is 39.0 Å². The fourth-order valence-electron chi connectivity index (χ4n) is 1.13. The monoisotopic (exact) mass is 231 g/mol. The van der Waals surface area contributed by atoms with E-state index in [2.05, 4.69) is 5.32 Å². The molecule has 0 aromatic heterocycles. The summed E-state index contributed by atoms with van der Waals surface area (Å²) < 4.78 is 0. The number of hydrogen-bond donors (Lipinski definition) is 3. The van der Waals surface area contributed by atoms with Gasteiger partial charge in [-0.25, -0.2) is 4.79 Å². The molecule has 92 valence electrons. The van der Waals surface area contributed by atoms with Crippen LogP contribution in [0.5, 0.6) is 0 Å². The first kappa shape index (κ1) is 14.4. The zero-order valence-corrected chi connectivity index (χ0v) is 9.23. The Hall–Kier alpha value is -1.59. The number of carboxylic acid groups (broad SMARTS) is 2. The minimum atomic E-state index is -1.20. The van der Waals surface area contributed by atoms with Crippen LogP contribution in [-0.4, -0.2) is 34.1 Å². The van der Waals surface area contributed by atoms with E-state index >= 15 is 0 Å². The van der Waals surface area contributed by atoms with E-state index in [0.717, 1.165) is 6.42 Å². The van der Waals surface area contributed by atoms with Crippen LogP contribution in [0.4, 0.5) is 0 Å². The number of amides is 1. The topological polar surface area (TPSA) is 104 Å². The molecule has 0 aromatic carbocycles. The summed E-state index contributed by atoms with van der Waals surface area (Å²) in [5.74, 6) is -2.63. The van der Waals surface area contributed by atoms with Gasteiger partial charge in [-0.1, -0.05) is 13.3 Å². The largest absolute Gasteiger partial charge is 0.481 e. The summed E-state index contributed by atoms with van der Waals surface area (Å²) >= 11 is 0. The molecule has 6 nitrogen and oxygen atoms in total. The van der Waals surface area contributed by atoms with E-state index in [9.17, 15) is 14.4 Å². The van der Waals surface area contributed by atoms with Gasteiger partial charge in [-0.2, -0.15) is 0 Å². The lowest BCUT2D eigenvalue weighted by Gasteiger charge is -2.13. The molecule has 0 spiro atoms. The Bertz CT molecular complexity index is 264. The predicted octanol–water partition coefficient (Wildman–Crippen LogP) is 0.611. The molecule has 0 aliphatic carbocycles. The van der Waals surface area contributed by atoms with E-state index in [4.69, 9.17) is 10.2 Å². The highest BCUT2D eigenvalue weighted by molar-refractivity contribution is 5.83. The lowest BCUT2D eigenvalue weighted by molar-refractivity contribution is -0.143. The summed E-state index contributed by atoms with van der Waals surface area (Å²) in [4.78, 5) is 32.2. The molecule has 0 aliphatic rings. The first-order valence-corrected chi connectivity index (χ1v) is 5.21. The van der Waals surface area contributed by atoms with Crippen LogP contribution in [0.3, 0.4) is 0 Å². The van der Waals surface area contributed by atoms with Gasteiger partial charge in [0.1, 0.15) is 6.04 Å². The van der Waals surface area contributed by atoms with E-state index in [0.29, 0.717) is 6.42 Å². The van der Waals surface area contributed by atoms with Gasteiger partial charge in [0.15, 0.2) is 0 Å². The van der Waals surface area contributed by atoms with E-state index in [-0.39, 0.29) is 25.2 Å². The van der Waals surface area contributed by atoms with Crippen molar-refractivity contribution in [3.63, 3.8) is 0 Å². The molecule has 0 bridgehead atoms. The van der Waals surface area contributed by atoms with Gasteiger partial charge in [-0.3, -0.25) is 9.59 Å². The molecule has 0 radical (unpaired) electrons. The van der Waals surface area contributed by atoms with Crippen molar-refractivity contribution >= 4 is 17.8 Å². The molecule has 0 fully saturated rings. The van der Waals surface area contributed by atoms with Crippen LogP contribution in [-0.2, 0) is 14.4 Å². The molecule has 3 N–H and O–H groups in total. The third-order valence-corrected chi connectivity index (χ3v) is 2.04. The van der Waals surface area contributed by atoms with E-state index in [1.807, 2.05) is 6.92 Å². The quantitative estimate of drug-likeness (QED) is 0.567. The normalized spacial score (nSPS) is 11.8. The highest BCUT2D eigenvalue weighted by Crippen LogP contribution is 2.00. The van der Waals surface area contributed by atoms with Gasteiger partial charge in [0.05, 0.1) is 0 Å².